The molecule has 0 radical (unpaired) electrons. The molecule has 84 valence electrons. The monoisotopic (exact) mass is 232 g/mol. The number of nitrogens with zero attached hydrogens (tertiary/aromatic N) is 1. The molecule has 0 aromatic carbocycles. The van der Waals surface area contributed by atoms with Crippen molar-refractivity contribution >= 4 is 11.3 Å². The maximum Gasteiger partial charge on any atom is 0.258 e. The Morgan fingerprint density at radius 1 is 1.33 bits per heavy atom. The van der Waals surface area contributed by atoms with Gasteiger partial charge in [-0.1, -0.05) is 0 Å². The summed E-state index contributed by atoms with van der Waals surface area (Å²) in [5.74, 6) is 0. The van der Waals surface area contributed by atoms with E-state index in [2.05, 4.69) is 5.32 Å². The third-order valence-corrected chi connectivity index (χ3v) is 3.37. The molecule has 1 saturated heterocycles. The molecule has 1 aliphatic rings. The van der Waals surface area contributed by atoms with Crippen molar-refractivity contribution in [3.05, 3.63) is 22.4 Å². The fourth-order valence-corrected chi connectivity index (χ4v) is 2.61. The highest BCUT2D eigenvalue weighted by Gasteiger charge is 2.30. The fourth-order valence-electron chi connectivity index (χ4n) is 1.92. The van der Waals surface area contributed by atoms with Crippen LogP contribution < -0.4 is 5.32 Å². The predicted octanol–water partition coefficient (Wildman–Crippen LogP) is 1.96. The molecular formula is C10H14F2N2S. The van der Waals surface area contributed by atoms with Gasteiger partial charge in [0.2, 0.25) is 0 Å². The number of halogens is 2. The smallest absolute Gasteiger partial charge is 0.258 e. The summed E-state index contributed by atoms with van der Waals surface area (Å²) < 4.78 is 26.0. The van der Waals surface area contributed by atoms with Gasteiger partial charge in [-0.05, 0) is 22.4 Å². The van der Waals surface area contributed by atoms with Crippen molar-refractivity contribution in [2.45, 2.75) is 12.5 Å². The Balaban J connectivity index is 2.12. The molecule has 2 nitrogen and oxygen atoms in total. The molecule has 0 saturated carbocycles. The third kappa shape index (κ3) is 2.53. The number of rotatable bonds is 3. The Morgan fingerprint density at radius 3 is 2.60 bits per heavy atom. The van der Waals surface area contributed by atoms with Crippen molar-refractivity contribution < 1.29 is 8.78 Å². The number of hydrogen-bond acceptors (Lipinski definition) is 3. The largest absolute Gasteiger partial charge is 0.314 e. The molecule has 15 heavy (non-hydrogen) atoms. The molecule has 2 heterocycles. The number of hydrogen-bond donors (Lipinski definition) is 1. The van der Waals surface area contributed by atoms with E-state index in [1.165, 1.54) is 11.3 Å². The van der Waals surface area contributed by atoms with Crippen LogP contribution in [0.1, 0.15) is 11.6 Å². The van der Waals surface area contributed by atoms with Gasteiger partial charge in [0.25, 0.3) is 6.43 Å². The molecule has 1 aliphatic heterocycles. The normalized spacial score (nSPS) is 20.7. The average Bonchev–Trinajstić information content (AvgIpc) is 2.72. The van der Waals surface area contributed by atoms with Gasteiger partial charge in [0, 0.05) is 26.2 Å². The van der Waals surface area contributed by atoms with Crippen LogP contribution in [0, 0.1) is 0 Å². The van der Waals surface area contributed by atoms with Crippen LogP contribution in [-0.4, -0.2) is 37.5 Å². The molecule has 0 spiro atoms. The molecule has 5 heteroatoms. The first kappa shape index (κ1) is 11.0. The standard InChI is InChI=1S/C10H14F2N2S/c11-10(12)9(8-1-6-15-7-8)14-4-2-13-3-5-14/h1,6-7,9-10,13H,2-5H2/t9-/m1/s1. The first-order chi connectivity index (χ1) is 7.29. The van der Waals surface area contributed by atoms with Gasteiger partial charge in [-0.15, -0.1) is 0 Å². The van der Waals surface area contributed by atoms with Crippen molar-refractivity contribution in [1.82, 2.24) is 10.2 Å². The molecular weight excluding hydrogens is 218 g/mol. The zero-order valence-electron chi connectivity index (χ0n) is 8.33. The molecule has 1 aromatic rings. The lowest BCUT2D eigenvalue weighted by Gasteiger charge is -2.34. The van der Waals surface area contributed by atoms with Crippen LogP contribution in [0.15, 0.2) is 16.8 Å². The van der Waals surface area contributed by atoms with Gasteiger partial charge in [-0.3, -0.25) is 4.90 Å². The van der Waals surface area contributed by atoms with Crippen molar-refractivity contribution in [2.75, 3.05) is 26.2 Å². The quantitative estimate of drug-likeness (QED) is 0.857. The van der Waals surface area contributed by atoms with E-state index in [1.54, 1.807) is 6.07 Å². The summed E-state index contributed by atoms with van der Waals surface area (Å²) in [4.78, 5) is 1.86. The number of nitrogens with one attached hydrogen (secondary N) is 1. The molecule has 2 rings (SSSR count). The summed E-state index contributed by atoms with van der Waals surface area (Å²) >= 11 is 1.47. The second-order valence-corrected chi connectivity index (χ2v) is 4.40. The second kappa shape index (κ2) is 5.01. The van der Waals surface area contributed by atoms with Crippen LogP contribution in [-0.2, 0) is 0 Å². The van der Waals surface area contributed by atoms with Crippen molar-refractivity contribution in [3.8, 4) is 0 Å². The first-order valence-corrected chi connectivity index (χ1v) is 5.98. The van der Waals surface area contributed by atoms with E-state index in [9.17, 15) is 8.78 Å². The maximum atomic E-state index is 13.0. The summed E-state index contributed by atoms with van der Waals surface area (Å²) in [5, 5.41) is 6.84. The van der Waals surface area contributed by atoms with Crippen LogP contribution >= 0.6 is 11.3 Å². The average molecular weight is 232 g/mol. The third-order valence-electron chi connectivity index (χ3n) is 2.67. The minimum Gasteiger partial charge on any atom is -0.314 e. The van der Waals surface area contributed by atoms with E-state index < -0.39 is 12.5 Å². The molecule has 0 aliphatic carbocycles. The van der Waals surface area contributed by atoms with E-state index in [0.29, 0.717) is 13.1 Å². The summed E-state index contributed by atoms with van der Waals surface area (Å²) in [6, 6.07) is 1.07. The van der Waals surface area contributed by atoms with Gasteiger partial charge < -0.3 is 5.32 Å². The van der Waals surface area contributed by atoms with Crippen LogP contribution in [0.3, 0.4) is 0 Å². The predicted molar refractivity (Wildman–Crippen MR) is 57.5 cm³/mol. The Bertz CT molecular complexity index is 284. The van der Waals surface area contributed by atoms with Gasteiger partial charge in [0.05, 0.1) is 6.04 Å². The van der Waals surface area contributed by atoms with Crippen LogP contribution in [0.5, 0.6) is 0 Å². The lowest BCUT2D eigenvalue weighted by atomic mass is 10.1. The lowest BCUT2D eigenvalue weighted by molar-refractivity contribution is 0.0184. The van der Waals surface area contributed by atoms with E-state index >= 15 is 0 Å². The lowest BCUT2D eigenvalue weighted by Crippen LogP contribution is -2.46. The highest BCUT2D eigenvalue weighted by molar-refractivity contribution is 7.07. The van der Waals surface area contributed by atoms with Crippen molar-refractivity contribution in [1.29, 1.82) is 0 Å². The fraction of sp³-hybridized carbons (Fsp3) is 0.600. The van der Waals surface area contributed by atoms with E-state index in [1.807, 2.05) is 15.7 Å². The second-order valence-electron chi connectivity index (χ2n) is 3.62. The Hall–Kier alpha value is -0.520. The van der Waals surface area contributed by atoms with Gasteiger partial charge in [-0.2, -0.15) is 11.3 Å². The number of alkyl halides is 2. The van der Waals surface area contributed by atoms with E-state index in [4.69, 9.17) is 0 Å². The van der Waals surface area contributed by atoms with Crippen LogP contribution in [0.2, 0.25) is 0 Å². The van der Waals surface area contributed by atoms with Crippen LogP contribution in [0.4, 0.5) is 8.78 Å². The first-order valence-electron chi connectivity index (χ1n) is 5.04. The highest BCUT2D eigenvalue weighted by Crippen LogP contribution is 2.29. The Kier molecular flexibility index (Phi) is 3.66. The molecule has 1 N–H and O–H groups in total. The van der Waals surface area contributed by atoms with Gasteiger partial charge in [-0.25, -0.2) is 8.78 Å². The van der Waals surface area contributed by atoms with Gasteiger partial charge >= 0.3 is 0 Å². The van der Waals surface area contributed by atoms with E-state index in [-0.39, 0.29) is 0 Å². The molecule has 0 unspecified atom stereocenters. The molecule has 0 bridgehead atoms. The summed E-state index contributed by atoms with van der Waals surface area (Å²) in [5.41, 5.74) is 0.747. The zero-order valence-corrected chi connectivity index (χ0v) is 9.14. The minimum atomic E-state index is -2.31. The molecule has 1 fully saturated rings. The molecule has 0 amide bonds. The van der Waals surface area contributed by atoms with Gasteiger partial charge in [0.15, 0.2) is 0 Å². The highest BCUT2D eigenvalue weighted by atomic mass is 32.1. The Labute approximate surface area is 91.9 Å². The molecule has 1 aromatic heterocycles. The minimum absolute atomic E-state index is 0.699. The summed E-state index contributed by atoms with van der Waals surface area (Å²) in [6.07, 6.45) is -2.31. The summed E-state index contributed by atoms with van der Waals surface area (Å²) in [7, 11) is 0. The van der Waals surface area contributed by atoms with Crippen molar-refractivity contribution in [3.63, 3.8) is 0 Å². The van der Waals surface area contributed by atoms with Crippen LogP contribution in [0.25, 0.3) is 0 Å². The summed E-state index contributed by atoms with van der Waals surface area (Å²) in [6.45, 7) is 3.00. The maximum absolute atomic E-state index is 13.0. The Morgan fingerprint density at radius 2 is 2.07 bits per heavy atom. The number of thiophene rings is 1. The SMILES string of the molecule is FC(F)[C@@H](c1ccsc1)N1CCNCC1. The van der Waals surface area contributed by atoms with Gasteiger partial charge in [0.1, 0.15) is 0 Å². The zero-order chi connectivity index (χ0) is 10.7. The van der Waals surface area contributed by atoms with Crippen molar-refractivity contribution in [2.24, 2.45) is 0 Å². The van der Waals surface area contributed by atoms with E-state index in [0.717, 1.165) is 18.7 Å². The molecule has 1 atom stereocenters. The topological polar surface area (TPSA) is 15.3 Å². The number of piperazine rings is 1.